The Hall–Kier alpha value is -3.93. The minimum Gasteiger partial charge on any atom is -0.325 e. The molecule has 2 aromatic carbocycles. The molecule has 0 aliphatic carbocycles. The van der Waals surface area contributed by atoms with Crippen LogP contribution in [0.25, 0.3) is 22.4 Å². The Morgan fingerprint density at radius 3 is 2.40 bits per heavy atom. The van der Waals surface area contributed by atoms with Crippen LogP contribution in [0.4, 0.5) is 18.9 Å². The quantitative estimate of drug-likeness (QED) is 0.332. The number of anilines is 1. The summed E-state index contributed by atoms with van der Waals surface area (Å²) in [7, 11) is 2.80. The lowest BCUT2D eigenvalue weighted by Gasteiger charge is -2.12. The molecule has 2 aromatic heterocycles. The van der Waals surface area contributed by atoms with E-state index in [1.807, 2.05) is 6.07 Å². The van der Waals surface area contributed by atoms with Gasteiger partial charge < -0.3 is 5.32 Å². The first-order valence-corrected chi connectivity index (χ1v) is 11.2. The third-order valence-electron chi connectivity index (χ3n) is 5.11. The Kier molecular flexibility index (Phi) is 6.48. The van der Waals surface area contributed by atoms with Crippen molar-refractivity contribution in [3.63, 3.8) is 0 Å². The monoisotopic (exact) mass is 501 g/mol. The van der Waals surface area contributed by atoms with E-state index in [0.717, 1.165) is 28.5 Å². The van der Waals surface area contributed by atoms with Gasteiger partial charge in [0.15, 0.2) is 11.5 Å². The summed E-state index contributed by atoms with van der Waals surface area (Å²) in [6, 6.07) is 13.2. The van der Waals surface area contributed by atoms with Crippen LogP contribution in [0.15, 0.2) is 69.2 Å². The van der Waals surface area contributed by atoms with E-state index in [0.29, 0.717) is 5.56 Å². The highest BCUT2D eigenvalue weighted by Crippen LogP contribution is 2.31. The van der Waals surface area contributed by atoms with Crippen LogP contribution in [0.3, 0.4) is 0 Å². The summed E-state index contributed by atoms with van der Waals surface area (Å²) in [5.41, 5.74) is -1.35. The summed E-state index contributed by atoms with van der Waals surface area (Å²) in [5.74, 6) is -0.589. The van der Waals surface area contributed by atoms with Gasteiger partial charge in [0.25, 0.3) is 5.56 Å². The second kappa shape index (κ2) is 9.37. The highest BCUT2D eigenvalue weighted by Gasteiger charge is 2.30. The predicted molar refractivity (Wildman–Crippen MR) is 126 cm³/mol. The second-order valence-corrected chi connectivity index (χ2v) is 8.50. The molecule has 0 fully saturated rings. The van der Waals surface area contributed by atoms with E-state index in [-0.39, 0.29) is 33.3 Å². The van der Waals surface area contributed by atoms with Crippen molar-refractivity contribution < 1.29 is 18.0 Å². The third-order valence-corrected chi connectivity index (χ3v) is 6.09. The summed E-state index contributed by atoms with van der Waals surface area (Å²) in [5, 5.41) is 2.66. The van der Waals surface area contributed by atoms with Crippen molar-refractivity contribution in [2.24, 2.45) is 14.1 Å². The van der Waals surface area contributed by atoms with Gasteiger partial charge in [0.1, 0.15) is 10.4 Å². The molecule has 4 aromatic rings. The highest BCUT2D eigenvalue weighted by molar-refractivity contribution is 8.00. The van der Waals surface area contributed by atoms with Crippen molar-refractivity contribution in [2.75, 3.05) is 11.1 Å². The summed E-state index contributed by atoms with van der Waals surface area (Å²) < 4.78 is 41.0. The predicted octanol–water partition coefficient (Wildman–Crippen LogP) is 3.44. The smallest absolute Gasteiger partial charge is 0.325 e. The number of nitrogens with one attached hydrogen (secondary N) is 1. The molecule has 1 amide bonds. The summed E-state index contributed by atoms with van der Waals surface area (Å²) in [6.45, 7) is 0. The number of carbonyl (C=O) groups is 1. The summed E-state index contributed by atoms with van der Waals surface area (Å²) >= 11 is 0.919. The van der Waals surface area contributed by atoms with Gasteiger partial charge in [-0.2, -0.15) is 13.2 Å². The average molecular weight is 501 g/mol. The van der Waals surface area contributed by atoms with Crippen molar-refractivity contribution >= 4 is 34.4 Å². The number of hydrogen-bond donors (Lipinski definition) is 1. The Bertz CT molecular complexity index is 1550. The van der Waals surface area contributed by atoms with E-state index in [9.17, 15) is 27.6 Å². The topological polar surface area (TPSA) is 98.9 Å². The van der Waals surface area contributed by atoms with Gasteiger partial charge in [-0.25, -0.2) is 14.8 Å². The first-order valence-electron chi connectivity index (χ1n) is 10.2. The zero-order chi connectivity index (χ0) is 25.3. The molecule has 8 nitrogen and oxygen atoms in total. The number of amides is 1. The standard InChI is InChI=1S/C23H18F3N5O3S/c1-30-19-17(21(33)31(2)22(30)34)20(29-18(28-19)13-7-4-3-5-8-13)35-12-16(32)27-15-10-6-9-14(11-15)23(24,25)26/h3-11H,12H2,1-2H3,(H,27,32). The van der Waals surface area contributed by atoms with Crippen molar-refractivity contribution in [1.29, 1.82) is 0 Å². The molecule has 4 rings (SSSR count). The number of aromatic nitrogens is 4. The van der Waals surface area contributed by atoms with Crippen LogP contribution < -0.4 is 16.6 Å². The maximum atomic E-state index is 12.9. The zero-order valence-electron chi connectivity index (χ0n) is 18.5. The van der Waals surface area contributed by atoms with Gasteiger partial charge in [0.2, 0.25) is 5.91 Å². The SMILES string of the molecule is Cn1c(=O)c2c(SCC(=O)Nc3cccc(C(F)(F)F)c3)nc(-c3ccccc3)nc2n(C)c1=O. The maximum Gasteiger partial charge on any atom is 0.416 e. The number of alkyl halides is 3. The maximum absolute atomic E-state index is 12.9. The van der Waals surface area contributed by atoms with Gasteiger partial charge in [-0.3, -0.25) is 18.7 Å². The average Bonchev–Trinajstić information content (AvgIpc) is 2.84. The number of benzene rings is 2. The number of carbonyl (C=O) groups excluding carboxylic acids is 1. The molecule has 2 heterocycles. The van der Waals surface area contributed by atoms with Crippen LogP contribution in [0, 0.1) is 0 Å². The lowest BCUT2D eigenvalue weighted by molar-refractivity contribution is -0.137. The van der Waals surface area contributed by atoms with Crippen molar-refractivity contribution in [1.82, 2.24) is 19.1 Å². The number of fused-ring (bicyclic) bond motifs is 1. The van der Waals surface area contributed by atoms with E-state index in [1.165, 1.54) is 30.8 Å². The largest absolute Gasteiger partial charge is 0.416 e. The molecule has 0 spiro atoms. The van der Waals surface area contributed by atoms with Gasteiger partial charge in [-0.1, -0.05) is 48.2 Å². The van der Waals surface area contributed by atoms with E-state index in [2.05, 4.69) is 15.3 Å². The van der Waals surface area contributed by atoms with Gasteiger partial charge in [0.05, 0.1) is 11.3 Å². The molecular formula is C23H18F3N5O3S. The Morgan fingerprint density at radius 2 is 1.71 bits per heavy atom. The molecule has 12 heteroatoms. The van der Waals surface area contributed by atoms with Crippen molar-refractivity contribution in [3.05, 3.63) is 81.0 Å². The van der Waals surface area contributed by atoms with Crippen molar-refractivity contribution in [3.8, 4) is 11.4 Å². The van der Waals surface area contributed by atoms with E-state index in [1.54, 1.807) is 24.3 Å². The number of rotatable bonds is 5. The molecule has 0 aliphatic rings. The van der Waals surface area contributed by atoms with Crippen LogP contribution in [0.5, 0.6) is 0 Å². The molecule has 0 aliphatic heterocycles. The van der Waals surface area contributed by atoms with Gasteiger partial charge >= 0.3 is 11.9 Å². The lowest BCUT2D eigenvalue weighted by atomic mass is 10.2. The van der Waals surface area contributed by atoms with Gasteiger partial charge in [0, 0.05) is 25.3 Å². The van der Waals surface area contributed by atoms with Gasteiger partial charge in [-0.05, 0) is 18.2 Å². The first-order chi connectivity index (χ1) is 16.6. The van der Waals surface area contributed by atoms with Crippen LogP contribution >= 0.6 is 11.8 Å². The Morgan fingerprint density at radius 1 is 1.00 bits per heavy atom. The van der Waals surface area contributed by atoms with E-state index in [4.69, 9.17) is 0 Å². The molecule has 180 valence electrons. The third kappa shape index (κ3) is 4.97. The number of nitrogens with zero attached hydrogens (tertiary/aromatic N) is 4. The van der Waals surface area contributed by atoms with E-state index < -0.39 is 28.9 Å². The number of thioether (sulfide) groups is 1. The summed E-state index contributed by atoms with van der Waals surface area (Å²) in [4.78, 5) is 46.7. The molecule has 0 bridgehead atoms. The minimum atomic E-state index is -4.54. The number of halogens is 3. The molecule has 0 atom stereocenters. The molecule has 1 N–H and O–H groups in total. The second-order valence-electron chi connectivity index (χ2n) is 7.54. The van der Waals surface area contributed by atoms with Crippen LogP contribution in [-0.4, -0.2) is 30.8 Å². The molecule has 0 saturated carbocycles. The molecule has 35 heavy (non-hydrogen) atoms. The minimum absolute atomic E-state index is 0.0127. The molecule has 0 unspecified atom stereocenters. The number of aryl methyl sites for hydroxylation is 1. The van der Waals surface area contributed by atoms with Crippen LogP contribution in [0.1, 0.15) is 5.56 Å². The molecule has 0 radical (unpaired) electrons. The Labute approximate surface area is 200 Å². The first kappa shape index (κ1) is 24.2. The van der Waals surface area contributed by atoms with E-state index >= 15 is 0 Å². The highest BCUT2D eigenvalue weighted by atomic mass is 32.2. The fourth-order valence-electron chi connectivity index (χ4n) is 3.35. The van der Waals surface area contributed by atoms with Crippen LogP contribution in [-0.2, 0) is 25.1 Å². The van der Waals surface area contributed by atoms with Crippen LogP contribution in [0.2, 0.25) is 0 Å². The lowest BCUT2D eigenvalue weighted by Crippen LogP contribution is -2.37. The number of hydrogen-bond acceptors (Lipinski definition) is 6. The molecule has 0 saturated heterocycles. The zero-order valence-corrected chi connectivity index (χ0v) is 19.3. The summed E-state index contributed by atoms with van der Waals surface area (Å²) in [6.07, 6.45) is -4.54. The van der Waals surface area contributed by atoms with Crippen molar-refractivity contribution in [2.45, 2.75) is 11.2 Å². The fourth-order valence-corrected chi connectivity index (χ4v) is 4.17. The molecular weight excluding hydrogens is 483 g/mol. The normalized spacial score (nSPS) is 11.6. The Balaban J connectivity index is 1.70. The van der Waals surface area contributed by atoms with Gasteiger partial charge in [-0.15, -0.1) is 0 Å². The fraction of sp³-hybridized carbons (Fsp3) is 0.174.